The Balaban J connectivity index is 1.33. The van der Waals surface area contributed by atoms with Gasteiger partial charge >= 0.3 is 6.03 Å². The van der Waals surface area contributed by atoms with Crippen molar-refractivity contribution in [2.45, 2.75) is 57.7 Å². The normalized spacial score (nSPS) is 16.9. The third kappa shape index (κ3) is 9.85. The maximum Gasteiger partial charge on any atom is 0.319 e. The topological polar surface area (TPSA) is 142 Å². The van der Waals surface area contributed by atoms with E-state index < -0.39 is 33.6 Å². The van der Waals surface area contributed by atoms with E-state index in [-0.39, 0.29) is 23.3 Å². The van der Waals surface area contributed by atoms with E-state index in [1.165, 1.54) is 7.05 Å². The SMILES string of the molecule is CCCCC1CC(NC(=O)Nc2cc(C(=O)NC)c(F)cc2F)CCN1Cc1ccc(Oc2ccc(NS(C)(=O)=O)cc2)nc1. The van der Waals surface area contributed by atoms with Crippen molar-refractivity contribution in [3.63, 3.8) is 0 Å². The van der Waals surface area contributed by atoms with E-state index in [9.17, 15) is 26.8 Å². The van der Waals surface area contributed by atoms with Crippen LogP contribution in [0.5, 0.6) is 11.6 Å². The molecule has 4 N–H and O–H groups in total. The van der Waals surface area contributed by atoms with Crippen molar-refractivity contribution in [1.82, 2.24) is 20.5 Å². The lowest BCUT2D eigenvalue weighted by Crippen LogP contribution is -2.50. The van der Waals surface area contributed by atoms with Gasteiger partial charge in [0.2, 0.25) is 15.9 Å². The number of urea groups is 1. The largest absolute Gasteiger partial charge is 0.439 e. The number of piperidine rings is 1. The van der Waals surface area contributed by atoms with Crippen LogP contribution in [-0.2, 0) is 16.6 Å². The molecule has 0 bridgehead atoms. The summed E-state index contributed by atoms with van der Waals surface area (Å²) in [5, 5.41) is 7.61. The molecule has 2 heterocycles. The zero-order valence-corrected chi connectivity index (χ0v) is 26.2. The Morgan fingerprint density at radius 1 is 1.09 bits per heavy atom. The van der Waals surface area contributed by atoms with Gasteiger partial charge in [-0.05, 0) is 55.2 Å². The molecule has 2 aromatic carbocycles. The number of rotatable bonds is 12. The molecule has 1 aliphatic heterocycles. The molecule has 0 radical (unpaired) electrons. The maximum atomic E-state index is 14.3. The number of likely N-dealkylation sites (tertiary alicyclic amines) is 1. The number of benzene rings is 2. The average Bonchev–Trinajstić information content (AvgIpc) is 2.99. The zero-order valence-electron chi connectivity index (χ0n) is 25.4. The molecule has 3 amide bonds. The van der Waals surface area contributed by atoms with E-state index in [1.54, 1.807) is 36.5 Å². The third-order valence-corrected chi connectivity index (χ3v) is 8.01. The summed E-state index contributed by atoms with van der Waals surface area (Å²) in [5.41, 5.74) is 0.783. The minimum absolute atomic E-state index is 0.155. The van der Waals surface area contributed by atoms with E-state index in [1.807, 2.05) is 6.07 Å². The lowest BCUT2D eigenvalue weighted by atomic mass is 9.93. The molecule has 0 spiro atoms. The molecule has 1 saturated heterocycles. The number of carbonyl (C=O) groups excluding carboxylic acids is 2. The van der Waals surface area contributed by atoms with Crippen LogP contribution in [0.1, 0.15) is 54.9 Å². The van der Waals surface area contributed by atoms with Crippen LogP contribution in [0.15, 0.2) is 54.7 Å². The number of anilines is 2. The second-order valence-corrected chi connectivity index (χ2v) is 12.7. The van der Waals surface area contributed by atoms with Crippen molar-refractivity contribution in [2.24, 2.45) is 0 Å². The number of amides is 3. The first-order chi connectivity index (χ1) is 21.4. The molecular weight excluding hydrogens is 606 g/mol. The quantitative estimate of drug-likeness (QED) is 0.212. The number of hydrogen-bond acceptors (Lipinski definition) is 7. The fourth-order valence-corrected chi connectivity index (χ4v) is 5.77. The van der Waals surface area contributed by atoms with Gasteiger partial charge in [0.15, 0.2) is 0 Å². The van der Waals surface area contributed by atoms with Gasteiger partial charge < -0.3 is 20.7 Å². The minimum atomic E-state index is -3.37. The molecule has 3 aromatic rings. The number of aromatic nitrogens is 1. The number of ether oxygens (including phenoxy) is 1. The van der Waals surface area contributed by atoms with E-state index in [0.29, 0.717) is 42.8 Å². The highest BCUT2D eigenvalue weighted by Gasteiger charge is 2.29. The molecule has 0 saturated carbocycles. The highest BCUT2D eigenvalue weighted by atomic mass is 32.2. The first-order valence-corrected chi connectivity index (χ1v) is 16.6. The van der Waals surface area contributed by atoms with E-state index in [4.69, 9.17) is 4.74 Å². The number of sulfonamides is 1. The second kappa shape index (κ2) is 15.1. The summed E-state index contributed by atoms with van der Waals surface area (Å²) in [6, 6.07) is 11.2. The van der Waals surface area contributed by atoms with Crippen LogP contribution in [-0.4, -0.2) is 62.2 Å². The van der Waals surface area contributed by atoms with Crippen LogP contribution in [0.3, 0.4) is 0 Å². The highest BCUT2D eigenvalue weighted by Crippen LogP contribution is 2.26. The molecule has 45 heavy (non-hydrogen) atoms. The fraction of sp³-hybridized carbons (Fsp3) is 0.387. The number of carbonyl (C=O) groups is 2. The van der Waals surface area contributed by atoms with Crippen molar-refractivity contribution in [1.29, 1.82) is 0 Å². The molecular formula is C31H38F2N6O5S. The van der Waals surface area contributed by atoms with E-state index in [2.05, 4.69) is 37.5 Å². The summed E-state index contributed by atoms with van der Waals surface area (Å²) < 4.78 is 59.3. The molecule has 1 aromatic heterocycles. The Hall–Kier alpha value is -4.30. The second-order valence-electron chi connectivity index (χ2n) is 11.0. The van der Waals surface area contributed by atoms with Crippen molar-refractivity contribution >= 4 is 33.3 Å². The Morgan fingerprint density at radius 3 is 2.49 bits per heavy atom. The molecule has 1 fully saturated rings. The summed E-state index contributed by atoms with van der Waals surface area (Å²) in [5.74, 6) is -1.80. The van der Waals surface area contributed by atoms with E-state index in [0.717, 1.165) is 43.7 Å². The monoisotopic (exact) mass is 644 g/mol. The Kier molecular flexibility index (Phi) is 11.3. The van der Waals surface area contributed by atoms with Crippen LogP contribution in [0.25, 0.3) is 0 Å². The van der Waals surface area contributed by atoms with Crippen LogP contribution in [0.2, 0.25) is 0 Å². The number of nitrogens with zero attached hydrogens (tertiary/aromatic N) is 2. The van der Waals surface area contributed by atoms with Gasteiger partial charge in [-0.25, -0.2) is 27.0 Å². The average molecular weight is 645 g/mol. The van der Waals surface area contributed by atoms with Crippen LogP contribution in [0, 0.1) is 11.6 Å². The van der Waals surface area contributed by atoms with Gasteiger partial charge in [-0.15, -0.1) is 0 Å². The number of nitrogens with one attached hydrogen (secondary N) is 4. The standard InChI is InChI=1S/C31H38F2N6O5S/c1-4-5-6-23-15-22(36-31(41)37-28-16-25(30(40)34-2)26(32)17-27(28)33)13-14-39(23)19-20-7-12-29(35-18-20)44-24-10-8-21(9-11-24)38-45(3,42)43/h7-12,16-18,22-23,38H,4-6,13-15,19H2,1-3H3,(H,34,40)(H2,36,37,41). The summed E-state index contributed by atoms with van der Waals surface area (Å²) in [6.07, 6.45) is 7.20. The molecule has 4 rings (SSSR count). The Labute approximate surface area is 261 Å². The van der Waals surface area contributed by atoms with Crippen LogP contribution in [0.4, 0.5) is 25.0 Å². The predicted molar refractivity (Wildman–Crippen MR) is 168 cm³/mol. The summed E-state index contributed by atoms with van der Waals surface area (Å²) >= 11 is 0. The lowest BCUT2D eigenvalue weighted by Gasteiger charge is -2.40. The summed E-state index contributed by atoms with van der Waals surface area (Å²) in [6.45, 7) is 3.51. The molecule has 2 unspecified atom stereocenters. The number of unbranched alkanes of at least 4 members (excludes halogenated alkanes) is 1. The summed E-state index contributed by atoms with van der Waals surface area (Å²) in [7, 11) is -2.03. The van der Waals surface area contributed by atoms with Gasteiger partial charge in [0.1, 0.15) is 17.4 Å². The summed E-state index contributed by atoms with van der Waals surface area (Å²) in [4.78, 5) is 31.4. The highest BCUT2D eigenvalue weighted by molar-refractivity contribution is 7.92. The van der Waals surface area contributed by atoms with Crippen LogP contribution >= 0.6 is 0 Å². The van der Waals surface area contributed by atoms with Crippen molar-refractivity contribution < 1.29 is 31.5 Å². The first kappa shape index (κ1) is 33.6. The lowest BCUT2D eigenvalue weighted by molar-refractivity contribution is 0.0959. The first-order valence-electron chi connectivity index (χ1n) is 14.7. The molecule has 1 aliphatic rings. The smallest absolute Gasteiger partial charge is 0.319 e. The zero-order chi connectivity index (χ0) is 32.6. The molecule has 2 atom stereocenters. The number of pyridine rings is 1. The van der Waals surface area contributed by atoms with Gasteiger partial charge in [-0.3, -0.25) is 14.4 Å². The fourth-order valence-electron chi connectivity index (χ4n) is 5.20. The number of hydrogen-bond donors (Lipinski definition) is 4. The molecule has 11 nitrogen and oxygen atoms in total. The maximum absolute atomic E-state index is 14.3. The van der Waals surface area contributed by atoms with Gasteiger partial charge in [0.05, 0.1) is 17.5 Å². The van der Waals surface area contributed by atoms with Gasteiger partial charge in [0.25, 0.3) is 5.91 Å². The molecule has 0 aliphatic carbocycles. The van der Waals surface area contributed by atoms with Crippen molar-refractivity contribution in [3.05, 3.63) is 77.5 Å². The Morgan fingerprint density at radius 2 is 1.84 bits per heavy atom. The van der Waals surface area contributed by atoms with E-state index >= 15 is 0 Å². The number of halogens is 2. The third-order valence-electron chi connectivity index (χ3n) is 7.40. The predicted octanol–water partition coefficient (Wildman–Crippen LogP) is 5.23. The molecule has 14 heteroatoms. The molecule has 242 valence electrons. The van der Waals surface area contributed by atoms with Gasteiger partial charge in [-0.1, -0.05) is 25.8 Å². The Bertz CT molecular complexity index is 1590. The van der Waals surface area contributed by atoms with Gasteiger partial charge in [-0.2, -0.15) is 0 Å². The van der Waals surface area contributed by atoms with Crippen molar-refractivity contribution in [3.8, 4) is 11.6 Å². The van der Waals surface area contributed by atoms with Crippen LogP contribution < -0.4 is 25.4 Å². The van der Waals surface area contributed by atoms with Crippen molar-refractivity contribution in [2.75, 3.05) is 29.9 Å². The minimum Gasteiger partial charge on any atom is -0.439 e. The van der Waals surface area contributed by atoms with Gasteiger partial charge in [0, 0.05) is 56.2 Å².